The molecule has 0 N–H and O–H groups in total. The van der Waals surface area contributed by atoms with Crippen molar-refractivity contribution in [1.29, 1.82) is 0 Å². The molecule has 1 aliphatic carbocycles. The van der Waals surface area contributed by atoms with Crippen LogP contribution in [-0.4, -0.2) is 37.7 Å². The van der Waals surface area contributed by atoms with Crippen LogP contribution >= 0.6 is 0 Å². The summed E-state index contributed by atoms with van der Waals surface area (Å²) in [5.74, 6) is -1.64. The number of carbonyl (C=O) groups excluding carboxylic acids is 3. The van der Waals surface area contributed by atoms with Crippen molar-refractivity contribution >= 4 is 17.9 Å². The Morgan fingerprint density at radius 3 is 1.87 bits per heavy atom. The molecule has 2 aromatic rings. The van der Waals surface area contributed by atoms with Crippen molar-refractivity contribution in [2.45, 2.75) is 33.6 Å². The first-order valence-electron chi connectivity index (χ1n) is 10.2. The van der Waals surface area contributed by atoms with Crippen molar-refractivity contribution in [3.63, 3.8) is 0 Å². The highest BCUT2D eigenvalue weighted by atomic mass is 16.6. The molecule has 3 rings (SSSR count). The Morgan fingerprint density at radius 1 is 0.800 bits per heavy atom. The molecule has 0 spiro atoms. The number of hydrogen-bond donors (Lipinski definition) is 0. The molecule has 158 valence electrons. The molecule has 0 fully saturated rings. The average molecular weight is 410 g/mol. The molecule has 0 bridgehead atoms. The predicted octanol–water partition coefficient (Wildman–Crippen LogP) is 3.74. The van der Waals surface area contributed by atoms with Crippen LogP contribution < -0.4 is 0 Å². The Balaban J connectivity index is 2.11. The van der Waals surface area contributed by atoms with E-state index in [9.17, 15) is 14.4 Å². The second-order valence-electron chi connectivity index (χ2n) is 7.13. The lowest BCUT2D eigenvalue weighted by molar-refractivity contribution is -0.171. The number of fused-ring (bicyclic) bond motifs is 1. The molecule has 0 atom stereocenters. The van der Waals surface area contributed by atoms with Gasteiger partial charge in [0.15, 0.2) is 5.41 Å². The van der Waals surface area contributed by atoms with Gasteiger partial charge in [-0.1, -0.05) is 30.3 Å². The minimum atomic E-state index is -1.43. The quantitative estimate of drug-likeness (QED) is 0.393. The van der Waals surface area contributed by atoms with Gasteiger partial charge in [0.1, 0.15) is 0 Å². The van der Waals surface area contributed by atoms with E-state index in [2.05, 4.69) is 0 Å². The summed E-state index contributed by atoms with van der Waals surface area (Å²) < 4.78 is 15.7. The maximum Gasteiger partial charge on any atom is 0.338 e. The van der Waals surface area contributed by atoms with Gasteiger partial charge >= 0.3 is 17.9 Å². The van der Waals surface area contributed by atoms with Gasteiger partial charge in [-0.15, -0.1) is 0 Å². The largest absolute Gasteiger partial charge is 0.465 e. The van der Waals surface area contributed by atoms with Crippen LogP contribution in [0.1, 0.15) is 42.3 Å². The molecule has 1 aliphatic rings. The molecule has 0 aromatic heterocycles. The van der Waals surface area contributed by atoms with Crippen molar-refractivity contribution in [1.82, 2.24) is 0 Å². The van der Waals surface area contributed by atoms with E-state index in [4.69, 9.17) is 14.2 Å². The van der Waals surface area contributed by atoms with E-state index in [1.165, 1.54) is 0 Å². The summed E-state index contributed by atoms with van der Waals surface area (Å²) >= 11 is 0. The van der Waals surface area contributed by atoms with Gasteiger partial charge in [0, 0.05) is 0 Å². The van der Waals surface area contributed by atoms with Gasteiger partial charge in [-0.25, -0.2) is 4.79 Å². The van der Waals surface area contributed by atoms with Crippen LogP contribution in [-0.2, 0) is 36.6 Å². The lowest BCUT2D eigenvalue weighted by atomic mass is 9.84. The number of ether oxygens (including phenoxy) is 3. The van der Waals surface area contributed by atoms with Crippen LogP contribution in [0.2, 0.25) is 0 Å². The third-order valence-corrected chi connectivity index (χ3v) is 5.24. The van der Waals surface area contributed by atoms with Crippen molar-refractivity contribution in [2.24, 2.45) is 5.41 Å². The molecule has 30 heavy (non-hydrogen) atoms. The lowest BCUT2D eigenvalue weighted by Crippen LogP contribution is -2.43. The lowest BCUT2D eigenvalue weighted by Gasteiger charge is -2.23. The number of carbonyl (C=O) groups is 3. The number of hydrogen-bond acceptors (Lipinski definition) is 6. The summed E-state index contributed by atoms with van der Waals surface area (Å²) in [4.78, 5) is 38.3. The Hall–Kier alpha value is -3.15. The second kappa shape index (κ2) is 9.11. The normalized spacial score (nSPS) is 14.0. The highest BCUT2D eigenvalue weighted by Crippen LogP contribution is 2.42. The van der Waals surface area contributed by atoms with Crippen molar-refractivity contribution in [3.8, 4) is 11.1 Å². The maximum absolute atomic E-state index is 12.8. The topological polar surface area (TPSA) is 78.9 Å². The molecule has 6 heteroatoms. The molecule has 2 aromatic carbocycles. The zero-order valence-electron chi connectivity index (χ0n) is 17.5. The minimum Gasteiger partial charge on any atom is -0.465 e. The summed E-state index contributed by atoms with van der Waals surface area (Å²) in [6, 6.07) is 13.1. The van der Waals surface area contributed by atoms with Gasteiger partial charge < -0.3 is 14.2 Å². The van der Waals surface area contributed by atoms with Crippen molar-refractivity contribution in [2.75, 3.05) is 19.8 Å². The summed E-state index contributed by atoms with van der Waals surface area (Å²) in [5.41, 5.74) is 2.10. The van der Waals surface area contributed by atoms with Gasteiger partial charge in [0.05, 0.1) is 25.4 Å². The molecule has 0 unspecified atom stereocenters. The van der Waals surface area contributed by atoms with E-state index in [0.29, 0.717) is 11.1 Å². The Morgan fingerprint density at radius 2 is 1.33 bits per heavy atom. The average Bonchev–Trinajstić information content (AvgIpc) is 3.14. The van der Waals surface area contributed by atoms with E-state index in [0.717, 1.165) is 16.7 Å². The monoisotopic (exact) mass is 410 g/mol. The van der Waals surface area contributed by atoms with E-state index < -0.39 is 23.3 Å². The Labute approximate surface area is 176 Å². The summed E-state index contributed by atoms with van der Waals surface area (Å²) in [6.45, 7) is 5.73. The van der Waals surface area contributed by atoms with E-state index in [-0.39, 0.29) is 32.7 Å². The van der Waals surface area contributed by atoms with E-state index in [1.54, 1.807) is 26.8 Å². The van der Waals surface area contributed by atoms with Gasteiger partial charge in [-0.3, -0.25) is 9.59 Å². The van der Waals surface area contributed by atoms with Crippen molar-refractivity contribution < 1.29 is 28.6 Å². The molecule has 0 saturated heterocycles. The number of benzene rings is 2. The van der Waals surface area contributed by atoms with E-state index in [1.807, 2.05) is 36.4 Å². The first-order valence-corrected chi connectivity index (χ1v) is 10.2. The van der Waals surface area contributed by atoms with Gasteiger partial charge in [-0.2, -0.15) is 0 Å². The summed E-state index contributed by atoms with van der Waals surface area (Å²) in [6.07, 6.45) is 0.296. The molecule has 0 amide bonds. The van der Waals surface area contributed by atoms with Gasteiger partial charge in [0.2, 0.25) is 0 Å². The molecule has 0 heterocycles. The molecule has 6 nitrogen and oxygen atoms in total. The maximum atomic E-state index is 12.8. The fraction of sp³-hybridized carbons (Fsp3) is 0.375. The zero-order valence-corrected chi connectivity index (χ0v) is 17.5. The van der Waals surface area contributed by atoms with E-state index >= 15 is 0 Å². The highest BCUT2D eigenvalue weighted by Gasteiger charge is 2.53. The van der Waals surface area contributed by atoms with Crippen LogP contribution in [0.3, 0.4) is 0 Å². The first-order chi connectivity index (χ1) is 14.5. The fourth-order valence-corrected chi connectivity index (χ4v) is 3.88. The predicted molar refractivity (Wildman–Crippen MR) is 111 cm³/mol. The molecular formula is C24H26O6. The van der Waals surface area contributed by atoms with Gasteiger partial charge in [-0.05, 0) is 68.0 Å². The highest BCUT2D eigenvalue weighted by molar-refractivity contribution is 6.03. The minimum absolute atomic E-state index is 0.126. The van der Waals surface area contributed by atoms with Crippen LogP contribution in [0.15, 0.2) is 42.5 Å². The van der Waals surface area contributed by atoms with Gasteiger partial charge in [0.25, 0.3) is 0 Å². The SMILES string of the molecule is CCOC(=O)c1cc2c(cc1-c1ccccc1)CC(C(=O)OCC)(C(=O)OCC)C2. The van der Waals surface area contributed by atoms with Crippen molar-refractivity contribution in [3.05, 3.63) is 59.2 Å². The van der Waals surface area contributed by atoms with Crippen LogP contribution in [0, 0.1) is 5.41 Å². The summed E-state index contributed by atoms with van der Waals surface area (Å²) in [5, 5.41) is 0. The molecule has 0 saturated carbocycles. The van der Waals surface area contributed by atoms with Crippen LogP contribution in [0.25, 0.3) is 11.1 Å². The Bertz CT molecular complexity index is 930. The standard InChI is InChI=1S/C24H26O6/c1-4-28-21(25)20-13-18-15-24(22(26)29-5-2,23(27)30-6-3)14-17(18)12-19(20)16-10-8-7-9-11-16/h7-13H,4-6,14-15H2,1-3H3. The number of rotatable bonds is 7. The zero-order chi connectivity index (χ0) is 21.7. The first kappa shape index (κ1) is 21.6. The molecular weight excluding hydrogens is 384 g/mol. The number of esters is 3. The smallest absolute Gasteiger partial charge is 0.338 e. The fourth-order valence-electron chi connectivity index (χ4n) is 3.88. The van der Waals surface area contributed by atoms with Crippen LogP contribution in [0.4, 0.5) is 0 Å². The third-order valence-electron chi connectivity index (χ3n) is 5.24. The third kappa shape index (κ3) is 3.95. The summed E-state index contributed by atoms with van der Waals surface area (Å²) in [7, 11) is 0. The van der Waals surface area contributed by atoms with Crippen LogP contribution in [0.5, 0.6) is 0 Å². The Kier molecular flexibility index (Phi) is 6.55. The molecule has 0 radical (unpaired) electrons. The molecule has 0 aliphatic heterocycles. The second-order valence-corrected chi connectivity index (χ2v) is 7.13.